The normalized spacial score (nSPS) is 19.2. The number of hydrogen-bond donors (Lipinski definition) is 2. The molecule has 1 unspecified atom stereocenters. The number of fused-ring (bicyclic) bond motifs is 1. The van der Waals surface area contributed by atoms with Gasteiger partial charge in [-0.15, -0.1) is 0 Å². The first-order valence-electron chi connectivity index (χ1n) is 11.0. The quantitative estimate of drug-likeness (QED) is 0.694. The van der Waals surface area contributed by atoms with Crippen LogP contribution in [0.2, 0.25) is 0 Å². The van der Waals surface area contributed by atoms with Crippen LogP contribution in [0.4, 0.5) is 13.2 Å². The third-order valence-electron chi connectivity index (χ3n) is 6.15. The number of aromatic nitrogens is 1. The van der Waals surface area contributed by atoms with Crippen molar-refractivity contribution in [3.8, 4) is 5.75 Å². The van der Waals surface area contributed by atoms with Gasteiger partial charge in [0.1, 0.15) is 11.4 Å². The summed E-state index contributed by atoms with van der Waals surface area (Å²) < 4.78 is 38.3. The van der Waals surface area contributed by atoms with E-state index in [1.807, 2.05) is 30.6 Å². The molecule has 2 N–H and O–H groups in total. The summed E-state index contributed by atoms with van der Waals surface area (Å²) in [4.78, 5) is 27.6. The number of para-hydroxylation sites is 1. The van der Waals surface area contributed by atoms with E-state index in [9.17, 15) is 18.0 Å². The predicted octanol–water partition coefficient (Wildman–Crippen LogP) is 3.75. The summed E-state index contributed by atoms with van der Waals surface area (Å²) in [6.45, 7) is 2.94. The minimum absolute atomic E-state index is 0.0980. The van der Waals surface area contributed by atoms with Crippen molar-refractivity contribution in [2.45, 2.75) is 49.9 Å². The lowest BCUT2D eigenvalue weighted by Crippen LogP contribution is -2.50. The van der Waals surface area contributed by atoms with E-state index in [-0.39, 0.29) is 17.4 Å². The van der Waals surface area contributed by atoms with Crippen LogP contribution in [0, 0.1) is 0 Å². The number of piperidine rings is 1. The summed E-state index contributed by atoms with van der Waals surface area (Å²) in [6.07, 6.45) is 2.10. The molecular formula is C24H28F3N3O4. The lowest BCUT2D eigenvalue weighted by Gasteiger charge is -2.47. The SMILES string of the molecule is CNC(=O)CC1CC2(CCN(Cc3cccnc3)CC2)Oc2ccccc21.O=C(O)C(F)(F)F. The molecule has 1 fully saturated rings. The van der Waals surface area contributed by atoms with Gasteiger partial charge in [0.15, 0.2) is 0 Å². The third kappa shape index (κ3) is 6.69. The Morgan fingerprint density at radius 1 is 1.21 bits per heavy atom. The van der Waals surface area contributed by atoms with E-state index >= 15 is 0 Å². The van der Waals surface area contributed by atoms with Crippen LogP contribution in [-0.4, -0.2) is 58.8 Å². The Balaban J connectivity index is 0.000000406. The molecule has 1 saturated heterocycles. The minimum atomic E-state index is -5.08. The summed E-state index contributed by atoms with van der Waals surface area (Å²) in [5, 5.41) is 9.90. The van der Waals surface area contributed by atoms with E-state index in [0.29, 0.717) is 6.42 Å². The standard InChI is InChI=1S/C22H27N3O2.C2HF3O2/c1-23-21(26)13-18-14-22(27-20-7-3-2-6-19(18)20)8-11-25(12-9-22)16-17-5-4-10-24-15-17;3-2(4,5)1(6)7/h2-7,10,15,18H,8-9,11-14,16H2,1H3,(H,23,26);(H,6,7). The topological polar surface area (TPSA) is 91.8 Å². The molecule has 1 amide bonds. The number of alkyl halides is 3. The zero-order valence-electron chi connectivity index (χ0n) is 18.8. The van der Waals surface area contributed by atoms with Gasteiger partial charge < -0.3 is 15.2 Å². The molecule has 3 heterocycles. The van der Waals surface area contributed by atoms with Crippen molar-refractivity contribution in [1.29, 1.82) is 0 Å². The van der Waals surface area contributed by atoms with Crippen molar-refractivity contribution in [2.75, 3.05) is 20.1 Å². The number of pyridine rings is 1. The lowest BCUT2D eigenvalue weighted by atomic mass is 9.76. The number of halogens is 3. The molecular weight excluding hydrogens is 451 g/mol. The van der Waals surface area contributed by atoms with Gasteiger partial charge >= 0.3 is 12.1 Å². The van der Waals surface area contributed by atoms with Gasteiger partial charge in [-0.3, -0.25) is 14.7 Å². The van der Waals surface area contributed by atoms with E-state index in [1.165, 1.54) is 11.1 Å². The number of likely N-dealkylation sites (tertiary alicyclic amines) is 1. The summed E-state index contributed by atoms with van der Waals surface area (Å²) in [7, 11) is 1.71. The van der Waals surface area contributed by atoms with Crippen LogP contribution < -0.4 is 10.1 Å². The number of carboxylic acids is 1. The number of aliphatic carboxylic acids is 1. The van der Waals surface area contributed by atoms with Gasteiger partial charge in [-0.2, -0.15) is 13.2 Å². The zero-order valence-corrected chi connectivity index (χ0v) is 18.8. The highest BCUT2D eigenvalue weighted by Crippen LogP contribution is 2.46. The predicted molar refractivity (Wildman–Crippen MR) is 118 cm³/mol. The average molecular weight is 479 g/mol. The zero-order chi connectivity index (χ0) is 24.8. The van der Waals surface area contributed by atoms with Gasteiger partial charge in [0.25, 0.3) is 0 Å². The van der Waals surface area contributed by atoms with Crippen LogP contribution in [0.25, 0.3) is 0 Å². The molecule has 0 saturated carbocycles. The van der Waals surface area contributed by atoms with Crippen molar-refractivity contribution < 1.29 is 32.6 Å². The second kappa shape index (κ2) is 10.9. The fourth-order valence-corrected chi connectivity index (χ4v) is 4.43. The Hall–Kier alpha value is -3.14. The molecule has 1 aromatic heterocycles. The summed E-state index contributed by atoms with van der Waals surface area (Å²) in [5.74, 6) is -1.48. The second-order valence-electron chi connectivity index (χ2n) is 8.54. The first-order chi connectivity index (χ1) is 16.1. The van der Waals surface area contributed by atoms with Crippen LogP contribution in [0.15, 0.2) is 48.8 Å². The highest BCUT2D eigenvalue weighted by molar-refractivity contribution is 5.76. The molecule has 1 spiro atoms. The Labute approximate surface area is 195 Å². The maximum absolute atomic E-state index is 12.1. The van der Waals surface area contributed by atoms with E-state index < -0.39 is 12.1 Å². The first-order valence-corrected chi connectivity index (χ1v) is 11.0. The van der Waals surface area contributed by atoms with Crippen molar-refractivity contribution >= 4 is 11.9 Å². The molecule has 0 radical (unpaired) electrons. The first kappa shape index (κ1) is 25.5. The molecule has 34 heavy (non-hydrogen) atoms. The van der Waals surface area contributed by atoms with Crippen molar-refractivity contribution in [2.24, 2.45) is 0 Å². The molecule has 4 rings (SSSR count). The Kier molecular flexibility index (Phi) is 8.14. The number of carbonyl (C=O) groups excluding carboxylic acids is 1. The number of carbonyl (C=O) groups is 2. The molecule has 1 atom stereocenters. The molecule has 1 aromatic carbocycles. The maximum atomic E-state index is 12.1. The van der Waals surface area contributed by atoms with E-state index in [4.69, 9.17) is 14.6 Å². The van der Waals surface area contributed by atoms with E-state index in [0.717, 1.165) is 44.6 Å². The molecule has 2 aliphatic rings. The summed E-state index contributed by atoms with van der Waals surface area (Å²) in [5.41, 5.74) is 2.27. The second-order valence-corrected chi connectivity index (χ2v) is 8.54. The number of carboxylic acid groups (broad SMARTS) is 1. The molecule has 0 aliphatic carbocycles. The number of nitrogens with one attached hydrogen (secondary N) is 1. The summed E-state index contributed by atoms with van der Waals surface area (Å²) >= 11 is 0. The fourth-order valence-electron chi connectivity index (χ4n) is 4.43. The molecule has 10 heteroatoms. The largest absolute Gasteiger partial charge is 0.490 e. The van der Waals surface area contributed by atoms with E-state index in [1.54, 1.807) is 7.05 Å². The van der Waals surface area contributed by atoms with Crippen LogP contribution in [-0.2, 0) is 16.1 Å². The highest BCUT2D eigenvalue weighted by atomic mass is 19.4. The lowest BCUT2D eigenvalue weighted by molar-refractivity contribution is -0.192. The fraction of sp³-hybridized carbons (Fsp3) is 0.458. The van der Waals surface area contributed by atoms with E-state index in [2.05, 4.69) is 33.4 Å². The number of ether oxygens (including phenoxy) is 1. The Morgan fingerprint density at radius 3 is 2.47 bits per heavy atom. The average Bonchev–Trinajstić information content (AvgIpc) is 2.81. The van der Waals surface area contributed by atoms with Crippen molar-refractivity contribution in [1.82, 2.24) is 15.2 Å². The van der Waals surface area contributed by atoms with Gasteiger partial charge in [0, 0.05) is 51.4 Å². The number of nitrogens with zero attached hydrogens (tertiary/aromatic N) is 2. The molecule has 0 bridgehead atoms. The van der Waals surface area contributed by atoms with Gasteiger partial charge in [0.2, 0.25) is 5.91 Å². The molecule has 184 valence electrons. The van der Waals surface area contributed by atoms with Crippen LogP contribution in [0.5, 0.6) is 5.75 Å². The Bertz CT molecular complexity index is 977. The van der Waals surface area contributed by atoms with Gasteiger partial charge in [-0.25, -0.2) is 4.79 Å². The number of benzene rings is 1. The van der Waals surface area contributed by atoms with Crippen molar-refractivity contribution in [3.63, 3.8) is 0 Å². The smallest absolute Gasteiger partial charge is 0.487 e. The van der Waals surface area contributed by atoms with Crippen LogP contribution in [0.1, 0.15) is 42.7 Å². The maximum Gasteiger partial charge on any atom is 0.490 e. The molecule has 7 nitrogen and oxygen atoms in total. The van der Waals surface area contributed by atoms with Crippen LogP contribution in [0.3, 0.4) is 0 Å². The third-order valence-corrected chi connectivity index (χ3v) is 6.15. The number of amides is 1. The van der Waals surface area contributed by atoms with Gasteiger partial charge in [-0.1, -0.05) is 24.3 Å². The molecule has 2 aromatic rings. The van der Waals surface area contributed by atoms with Gasteiger partial charge in [-0.05, 0) is 42.5 Å². The molecule has 2 aliphatic heterocycles. The highest BCUT2D eigenvalue weighted by Gasteiger charge is 2.43. The van der Waals surface area contributed by atoms with Gasteiger partial charge in [0.05, 0.1) is 0 Å². The minimum Gasteiger partial charge on any atom is -0.487 e. The Morgan fingerprint density at radius 2 is 1.88 bits per heavy atom. The van der Waals surface area contributed by atoms with Crippen LogP contribution >= 0.6 is 0 Å². The number of rotatable bonds is 4. The monoisotopic (exact) mass is 479 g/mol. The summed E-state index contributed by atoms with van der Waals surface area (Å²) in [6, 6.07) is 12.3. The van der Waals surface area contributed by atoms with Crippen molar-refractivity contribution in [3.05, 3.63) is 59.9 Å². The number of hydrogen-bond acceptors (Lipinski definition) is 5.